The summed E-state index contributed by atoms with van der Waals surface area (Å²) in [7, 11) is 0. The van der Waals surface area contributed by atoms with Crippen molar-refractivity contribution in [1.29, 1.82) is 0 Å². The highest BCUT2D eigenvalue weighted by Crippen LogP contribution is 2.35. The van der Waals surface area contributed by atoms with Gasteiger partial charge in [0, 0.05) is 29.9 Å². The highest BCUT2D eigenvalue weighted by Gasteiger charge is 2.25. The lowest BCUT2D eigenvalue weighted by molar-refractivity contribution is 0.0548. The van der Waals surface area contributed by atoms with Crippen LogP contribution in [-0.4, -0.2) is 42.5 Å². The van der Waals surface area contributed by atoms with Crippen LogP contribution in [0.3, 0.4) is 0 Å². The van der Waals surface area contributed by atoms with Crippen LogP contribution in [0.5, 0.6) is 0 Å². The molecular formula is C28H28N4OS. The van der Waals surface area contributed by atoms with Crippen molar-refractivity contribution in [2.75, 3.05) is 31.6 Å². The smallest absolute Gasteiger partial charge is 0.191 e. The fourth-order valence-electron chi connectivity index (χ4n) is 4.58. The van der Waals surface area contributed by atoms with Crippen molar-refractivity contribution in [3.8, 4) is 0 Å². The second kappa shape index (κ2) is 10.6. The summed E-state index contributed by atoms with van der Waals surface area (Å²) in [6.45, 7) is 3.30. The largest absolute Gasteiger partial charge is 0.378 e. The molecular weight excluding hydrogens is 440 g/mol. The minimum absolute atomic E-state index is 0.471. The first-order valence-electron chi connectivity index (χ1n) is 11.7. The second-order valence-electron chi connectivity index (χ2n) is 8.40. The Balaban J connectivity index is 1.33. The van der Waals surface area contributed by atoms with E-state index in [4.69, 9.17) is 17.0 Å². The van der Waals surface area contributed by atoms with Crippen LogP contribution in [0.2, 0.25) is 0 Å². The topological polar surface area (TPSA) is 48.9 Å². The second-order valence-corrected chi connectivity index (χ2v) is 8.81. The summed E-state index contributed by atoms with van der Waals surface area (Å²) in [4.78, 5) is 2.43. The Bertz CT molecular complexity index is 1250. The van der Waals surface area contributed by atoms with Crippen molar-refractivity contribution in [2.45, 2.75) is 12.8 Å². The van der Waals surface area contributed by atoms with Crippen LogP contribution in [0.15, 0.2) is 94.7 Å². The average Bonchev–Trinajstić information content (AvgIpc) is 3.27. The van der Waals surface area contributed by atoms with Gasteiger partial charge in [-0.3, -0.25) is 5.43 Å². The minimum Gasteiger partial charge on any atom is -0.378 e. The van der Waals surface area contributed by atoms with Gasteiger partial charge in [-0.1, -0.05) is 66.7 Å². The lowest BCUT2D eigenvalue weighted by Gasteiger charge is -2.31. The fraction of sp³-hybridized carbons (Fsp3) is 0.214. The van der Waals surface area contributed by atoms with Gasteiger partial charge in [-0.25, -0.2) is 0 Å². The minimum atomic E-state index is 0.471. The van der Waals surface area contributed by atoms with Gasteiger partial charge in [-0.05, 0) is 59.3 Å². The van der Waals surface area contributed by atoms with Gasteiger partial charge in [0.25, 0.3) is 0 Å². The number of morpholine rings is 1. The standard InChI is InChI=1S/C28H28N4OS/c34-28(30-26-12-6-10-22-9-4-5-11-25(22)26)31-29-20-24-14-13-23(19-21-7-2-1-3-8-21)27(24)32-15-17-33-18-16-32/h1-12,19-20H,13-18H2,(H2,30,31,34)/b23-19+,29-20-. The predicted octanol–water partition coefficient (Wildman–Crippen LogP) is 5.58. The van der Waals surface area contributed by atoms with Gasteiger partial charge in [0.15, 0.2) is 5.11 Å². The van der Waals surface area contributed by atoms with Crippen LogP contribution in [0, 0.1) is 0 Å². The van der Waals surface area contributed by atoms with E-state index in [0.717, 1.165) is 50.2 Å². The maximum Gasteiger partial charge on any atom is 0.191 e. The van der Waals surface area contributed by atoms with E-state index in [2.05, 4.69) is 69.3 Å². The number of allylic oxidation sites excluding steroid dienone is 2. The van der Waals surface area contributed by atoms with Gasteiger partial charge >= 0.3 is 0 Å². The lowest BCUT2D eigenvalue weighted by Crippen LogP contribution is -2.36. The summed E-state index contributed by atoms with van der Waals surface area (Å²) >= 11 is 5.51. The zero-order valence-electron chi connectivity index (χ0n) is 19.0. The molecule has 3 aromatic rings. The van der Waals surface area contributed by atoms with Crippen LogP contribution < -0.4 is 10.7 Å². The molecule has 2 aliphatic rings. The molecule has 1 aliphatic heterocycles. The van der Waals surface area contributed by atoms with E-state index in [1.54, 1.807) is 0 Å². The molecule has 3 aromatic carbocycles. The number of benzene rings is 3. The number of hydrogen-bond acceptors (Lipinski definition) is 4. The molecule has 0 aromatic heterocycles. The predicted molar refractivity (Wildman–Crippen MR) is 145 cm³/mol. The molecule has 1 heterocycles. The summed E-state index contributed by atoms with van der Waals surface area (Å²) < 4.78 is 5.59. The molecule has 5 rings (SSSR count). The summed E-state index contributed by atoms with van der Waals surface area (Å²) in [6.07, 6.45) is 6.18. The molecule has 6 heteroatoms. The number of rotatable bonds is 5. The Labute approximate surface area is 205 Å². The zero-order chi connectivity index (χ0) is 23.2. The highest BCUT2D eigenvalue weighted by atomic mass is 32.1. The molecule has 1 fully saturated rings. The van der Waals surface area contributed by atoms with Gasteiger partial charge in [0.2, 0.25) is 0 Å². The van der Waals surface area contributed by atoms with E-state index < -0.39 is 0 Å². The molecule has 5 nitrogen and oxygen atoms in total. The molecule has 0 radical (unpaired) electrons. The molecule has 34 heavy (non-hydrogen) atoms. The molecule has 2 N–H and O–H groups in total. The molecule has 0 spiro atoms. The molecule has 172 valence electrons. The molecule has 1 saturated heterocycles. The summed E-state index contributed by atoms with van der Waals surface area (Å²) in [5.41, 5.74) is 9.05. The molecule has 0 bridgehead atoms. The quantitative estimate of drug-likeness (QED) is 0.291. The first-order valence-corrected chi connectivity index (χ1v) is 12.1. The maximum atomic E-state index is 5.59. The number of hydrazone groups is 1. The van der Waals surface area contributed by atoms with Crippen LogP contribution in [0.4, 0.5) is 5.69 Å². The van der Waals surface area contributed by atoms with Crippen molar-refractivity contribution in [3.05, 3.63) is 95.2 Å². The van der Waals surface area contributed by atoms with E-state index in [1.807, 2.05) is 36.5 Å². The Morgan fingerprint density at radius 1 is 0.912 bits per heavy atom. The lowest BCUT2D eigenvalue weighted by atomic mass is 10.1. The highest BCUT2D eigenvalue weighted by molar-refractivity contribution is 7.80. The van der Waals surface area contributed by atoms with Crippen LogP contribution in [0.25, 0.3) is 16.8 Å². The summed E-state index contributed by atoms with van der Waals surface area (Å²) in [6, 6.07) is 24.9. The molecule has 0 atom stereocenters. The fourth-order valence-corrected chi connectivity index (χ4v) is 4.74. The van der Waals surface area contributed by atoms with Crippen molar-refractivity contribution in [1.82, 2.24) is 10.3 Å². The number of thiocarbonyl (C=S) groups is 1. The first-order chi connectivity index (χ1) is 16.8. The van der Waals surface area contributed by atoms with Crippen molar-refractivity contribution >= 4 is 46.1 Å². The summed E-state index contributed by atoms with van der Waals surface area (Å²) in [5, 5.41) is 10.5. The number of nitrogens with one attached hydrogen (secondary N) is 2. The Hall–Kier alpha value is -3.48. The molecule has 0 saturated carbocycles. The number of anilines is 1. The van der Waals surface area contributed by atoms with Crippen molar-refractivity contribution in [2.24, 2.45) is 5.10 Å². The first kappa shape index (κ1) is 22.3. The molecule has 0 unspecified atom stereocenters. The van der Waals surface area contributed by atoms with E-state index in [9.17, 15) is 0 Å². The maximum absolute atomic E-state index is 5.59. The van der Waals surface area contributed by atoms with Crippen LogP contribution >= 0.6 is 12.2 Å². The Morgan fingerprint density at radius 2 is 1.68 bits per heavy atom. The normalized spacial score (nSPS) is 17.6. The Morgan fingerprint density at radius 3 is 2.53 bits per heavy atom. The number of ether oxygens (including phenoxy) is 1. The van der Waals surface area contributed by atoms with E-state index in [1.165, 1.54) is 27.8 Å². The third kappa shape index (κ3) is 5.19. The van der Waals surface area contributed by atoms with Crippen LogP contribution in [0.1, 0.15) is 18.4 Å². The third-order valence-electron chi connectivity index (χ3n) is 6.16. The van der Waals surface area contributed by atoms with E-state index in [-0.39, 0.29) is 0 Å². The number of nitrogens with zero attached hydrogens (tertiary/aromatic N) is 2. The van der Waals surface area contributed by atoms with Gasteiger partial charge in [-0.15, -0.1) is 0 Å². The zero-order valence-corrected chi connectivity index (χ0v) is 19.9. The third-order valence-corrected chi connectivity index (χ3v) is 6.36. The molecule has 1 aliphatic carbocycles. The monoisotopic (exact) mass is 468 g/mol. The Kier molecular flexibility index (Phi) is 6.98. The number of fused-ring (bicyclic) bond motifs is 1. The van der Waals surface area contributed by atoms with Crippen LogP contribution in [-0.2, 0) is 4.74 Å². The SMILES string of the molecule is S=C(N/N=C\C1=C(N2CCOCC2)C(=C/c2ccccc2)/CC1)Nc1cccc2ccccc12. The van der Waals surface area contributed by atoms with E-state index >= 15 is 0 Å². The van der Waals surface area contributed by atoms with Crippen molar-refractivity contribution in [3.63, 3.8) is 0 Å². The van der Waals surface area contributed by atoms with Gasteiger partial charge < -0.3 is 15.0 Å². The van der Waals surface area contributed by atoms with Gasteiger partial charge in [0.05, 0.1) is 19.4 Å². The van der Waals surface area contributed by atoms with Crippen molar-refractivity contribution < 1.29 is 4.74 Å². The average molecular weight is 469 g/mol. The molecule has 0 amide bonds. The van der Waals surface area contributed by atoms with Gasteiger partial charge in [0.1, 0.15) is 0 Å². The van der Waals surface area contributed by atoms with Gasteiger partial charge in [-0.2, -0.15) is 5.10 Å². The summed E-state index contributed by atoms with van der Waals surface area (Å²) in [5.74, 6) is 0. The number of hydrogen-bond donors (Lipinski definition) is 2. The van der Waals surface area contributed by atoms with E-state index in [0.29, 0.717) is 5.11 Å².